The number of rotatable bonds is 4. The molecular weight excluding hydrogens is 292 g/mol. The molecule has 0 spiro atoms. The fourth-order valence-electron chi connectivity index (χ4n) is 2.38. The number of hydrogen-bond donors (Lipinski definition) is 1. The maximum absolute atomic E-state index is 11.9. The summed E-state index contributed by atoms with van der Waals surface area (Å²) in [6.45, 7) is 0.423. The van der Waals surface area contributed by atoms with Gasteiger partial charge in [-0.25, -0.2) is 4.79 Å². The van der Waals surface area contributed by atoms with Gasteiger partial charge >= 0.3 is 6.09 Å². The Kier molecular flexibility index (Phi) is 3.83. The van der Waals surface area contributed by atoms with Gasteiger partial charge in [0.2, 0.25) is 5.91 Å². The number of aldehydes is 1. The van der Waals surface area contributed by atoms with Crippen molar-refractivity contribution in [3.63, 3.8) is 0 Å². The second-order valence-electron chi connectivity index (χ2n) is 4.88. The molecule has 110 valence electrons. The minimum atomic E-state index is -0.416. The van der Waals surface area contributed by atoms with Gasteiger partial charge in [-0.3, -0.25) is 9.69 Å². The van der Waals surface area contributed by atoms with Crippen LogP contribution in [0, 0.1) is 0 Å². The van der Waals surface area contributed by atoms with E-state index in [0.29, 0.717) is 30.8 Å². The predicted octanol–water partition coefficient (Wildman–Crippen LogP) is 2.04. The van der Waals surface area contributed by atoms with Crippen LogP contribution in [-0.4, -0.2) is 36.7 Å². The van der Waals surface area contributed by atoms with Crippen molar-refractivity contribution in [2.45, 2.75) is 23.8 Å². The molecule has 0 bridgehead atoms. The zero-order valence-electron chi connectivity index (χ0n) is 11.2. The number of anilines is 2. The molecule has 1 atom stereocenters. The predicted molar refractivity (Wildman–Crippen MR) is 78.7 cm³/mol. The Labute approximate surface area is 125 Å². The summed E-state index contributed by atoms with van der Waals surface area (Å²) in [4.78, 5) is 36.2. The number of thioether (sulfide) groups is 1. The van der Waals surface area contributed by atoms with Gasteiger partial charge in [-0.2, -0.15) is 0 Å². The molecule has 2 aliphatic rings. The van der Waals surface area contributed by atoms with Crippen LogP contribution in [0.5, 0.6) is 0 Å². The number of fused-ring (bicyclic) bond motifs is 1. The van der Waals surface area contributed by atoms with E-state index in [9.17, 15) is 14.4 Å². The van der Waals surface area contributed by atoms with Crippen molar-refractivity contribution < 1.29 is 19.1 Å². The lowest BCUT2D eigenvalue weighted by atomic mass is 10.2. The Morgan fingerprint density at radius 1 is 1.43 bits per heavy atom. The highest BCUT2D eigenvalue weighted by atomic mass is 32.2. The minimum absolute atomic E-state index is 0.0440. The molecular formula is C14H14N2O4S. The number of carbonyl (C=O) groups excluding carboxylic acids is 3. The van der Waals surface area contributed by atoms with E-state index in [0.717, 1.165) is 16.9 Å². The molecule has 1 N–H and O–H groups in total. The van der Waals surface area contributed by atoms with Crippen molar-refractivity contribution in [1.29, 1.82) is 0 Å². The molecule has 0 saturated carbocycles. The summed E-state index contributed by atoms with van der Waals surface area (Å²) in [5.41, 5.74) is 1.41. The second kappa shape index (κ2) is 5.77. The van der Waals surface area contributed by atoms with Gasteiger partial charge in [0.05, 0.1) is 18.0 Å². The van der Waals surface area contributed by atoms with Crippen molar-refractivity contribution in [1.82, 2.24) is 0 Å². The SMILES string of the molecule is O=CCCC1CN(c2ccc3c(c2)NC(=O)CS3)C(=O)O1. The third-order valence-corrected chi connectivity index (χ3v) is 4.46. The lowest BCUT2D eigenvalue weighted by Gasteiger charge is -2.19. The number of ether oxygens (including phenoxy) is 1. The van der Waals surface area contributed by atoms with Crippen LogP contribution in [0.25, 0.3) is 0 Å². The smallest absolute Gasteiger partial charge is 0.414 e. The first-order valence-electron chi connectivity index (χ1n) is 6.66. The van der Waals surface area contributed by atoms with Crippen LogP contribution in [-0.2, 0) is 14.3 Å². The first-order chi connectivity index (χ1) is 10.2. The third kappa shape index (κ3) is 2.87. The average molecular weight is 306 g/mol. The lowest BCUT2D eigenvalue weighted by Crippen LogP contribution is -2.25. The van der Waals surface area contributed by atoms with Crippen LogP contribution < -0.4 is 10.2 Å². The molecule has 2 heterocycles. The molecule has 1 unspecified atom stereocenters. The van der Waals surface area contributed by atoms with Gasteiger partial charge in [0.25, 0.3) is 0 Å². The molecule has 21 heavy (non-hydrogen) atoms. The van der Waals surface area contributed by atoms with E-state index in [-0.39, 0.29) is 12.0 Å². The molecule has 0 aliphatic carbocycles. The summed E-state index contributed by atoms with van der Waals surface area (Å²) in [6, 6.07) is 5.51. The Balaban J connectivity index is 1.78. The summed E-state index contributed by atoms with van der Waals surface area (Å²) in [5.74, 6) is 0.365. The zero-order valence-corrected chi connectivity index (χ0v) is 12.0. The van der Waals surface area contributed by atoms with E-state index >= 15 is 0 Å². The monoisotopic (exact) mass is 306 g/mol. The number of amides is 2. The molecule has 3 rings (SSSR count). The van der Waals surface area contributed by atoms with E-state index in [1.54, 1.807) is 6.07 Å². The van der Waals surface area contributed by atoms with Gasteiger partial charge in [-0.15, -0.1) is 11.8 Å². The fourth-order valence-corrected chi connectivity index (χ4v) is 3.16. The number of hydrogen-bond acceptors (Lipinski definition) is 5. The fraction of sp³-hybridized carbons (Fsp3) is 0.357. The highest BCUT2D eigenvalue weighted by Gasteiger charge is 2.32. The Morgan fingerprint density at radius 3 is 3.10 bits per heavy atom. The van der Waals surface area contributed by atoms with Crippen LogP contribution in [0.3, 0.4) is 0 Å². The first-order valence-corrected chi connectivity index (χ1v) is 7.64. The van der Waals surface area contributed by atoms with Gasteiger partial charge in [-0.05, 0) is 24.6 Å². The van der Waals surface area contributed by atoms with Gasteiger partial charge in [0.1, 0.15) is 12.4 Å². The molecule has 1 aromatic carbocycles. The largest absolute Gasteiger partial charge is 0.444 e. The van der Waals surface area contributed by atoms with Gasteiger partial charge < -0.3 is 14.8 Å². The number of nitrogens with one attached hydrogen (secondary N) is 1. The molecule has 2 aliphatic heterocycles. The Morgan fingerprint density at radius 2 is 2.29 bits per heavy atom. The summed E-state index contributed by atoms with van der Waals surface area (Å²) >= 11 is 1.47. The van der Waals surface area contributed by atoms with Crippen molar-refractivity contribution in [2.24, 2.45) is 0 Å². The molecule has 0 radical (unpaired) electrons. The van der Waals surface area contributed by atoms with Crippen LogP contribution in [0.2, 0.25) is 0 Å². The molecule has 1 fully saturated rings. The van der Waals surface area contributed by atoms with E-state index in [2.05, 4.69) is 5.32 Å². The van der Waals surface area contributed by atoms with Crippen molar-refractivity contribution >= 4 is 41.4 Å². The first kappa shape index (κ1) is 13.9. The maximum Gasteiger partial charge on any atom is 0.414 e. The topological polar surface area (TPSA) is 75.7 Å². The third-order valence-electron chi connectivity index (χ3n) is 3.39. The van der Waals surface area contributed by atoms with Crippen LogP contribution in [0.15, 0.2) is 23.1 Å². The number of carbonyl (C=O) groups is 3. The average Bonchev–Trinajstić information content (AvgIpc) is 2.85. The second-order valence-corrected chi connectivity index (χ2v) is 5.89. The van der Waals surface area contributed by atoms with E-state index in [4.69, 9.17) is 4.74 Å². The summed E-state index contributed by atoms with van der Waals surface area (Å²) < 4.78 is 5.23. The number of cyclic esters (lactones) is 1. The van der Waals surface area contributed by atoms with Gasteiger partial charge in [0.15, 0.2) is 0 Å². The highest BCUT2D eigenvalue weighted by molar-refractivity contribution is 8.00. The maximum atomic E-state index is 11.9. The highest BCUT2D eigenvalue weighted by Crippen LogP contribution is 2.35. The number of benzene rings is 1. The quantitative estimate of drug-likeness (QED) is 0.861. The van der Waals surface area contributed by atoms with Crippen molar-refractivity contribution in [3.8, 4) is 0 Å². The molecule has 7 heteroatoms. The molecule has 6 nitrogen and oxygen atoms in total. The Hall–Kier alpha value is -2.02. The summed E-state index contributed by atoms with van der Waals surface area (Å²) in [7, 11) is 0. The van der Waals surface area contributed by atoms with Crippen LogP contribution in [0.1, 0.15) is 12.8 Å². The normalized spacial score (nSPS) is 20.8. The molecule has 1 aromatic rings. The number of nitrogens with zero attached hydrogens (tertiary/aromatic N) is 1. The van der Waals surface area contributed by atoms with E-state index < -0.39 is 6.09 Å². The molecule has 0 aromatic heterocycles. The van der Waals surface area contributed by atoms with Crippen LogP contribution in [0.4, 0.5) is 16.2 Å². The summed E-state index contributed by atoms with van der Waals surface area (Å²) in [6.07, 6.45) is 1.05. The molecule has 2 amide bonds. The van der Waals surface area contributed by atoms with Crippen LogP contribution >= 0.6 is 11.8 Å². The van der Waals surface area contributed by atoms with Crippen molar-refractivity contribution in [3.05, 3.63) is 18.2 Å². The van der Waals surface area contributed by atoms with Crippen molar-refractivity contribution in [2.75, 3.05) is 22.5 Å². The van der Waals surface area contributed by atoms with E-state index in [1.165, 1.54) is 16.7 Å². The standard InChI is InChI=1S/C14H14N2O4S/c17-5-1-2-10-7-16(14(19)20-10)9-3-4-12-11(6-9)15-13(18)8-21-12/h3-6,10H,1-2,7-8H2,(H,15,18). The van der Waals surface area contributed by atoms with Gasteiger partial charge in [-0.1, -0.05) is 0 Å². The lowest BCUT2D eigenvalue weighted by molar-refractivity contribution is -0.114. The van der Waals surface area contributed by atoms with E-state index in [1.807, 2.05) is 12.1 Å². The van der Waals surface area contributed by atoms with Gasteiger partial charge in [0, 0.05) is 17.0 Å². The molecule has 1 saturated heterocycles. The Bertz CT molecular complexity index is 605. The zero-order chi connectivity index (χ0) is 14.8. The minimum Gasteiger partial charge on any atom is -0.444 e. The summed E-state index contributed by atoms with van der Waals surface area (Å²) in [5, 5.41) is 2.80.